The van der Waals surface area contributed by atoms with E-state index in [9.17, 15) is 9.59 Å². The molecule has 1 saturated heterocycles. The first-order valence-corrected chi connectivity index (χ1v) is 13.2. The molecule has 2 aromatic heterocycles. The number of nitrogens with zero attached hydrogens (tertiary/aromatic N) is 4. The average molecular weight is 505 g/mol. The van der Waals surface area contributed by atoms with Gasteiger partial charge in [-0.3, -0.25) is 18.9 Å². The number of anilines is 1. The topological polar surface area (TPSA) is 57.9 Å². The lowest BCUT2D eigenvalue weighted by Crippen LogP contribution is -2.36. The van der Waals surface area contributed by atoms with Crippen LogP contribution in [0.3, 0.4) is 0 Å². The van der Waals surface area contributed by atoms with E-state index in [1.807, 2.05) is 62.5 Å². The highest BCUT2D eigenvalue weighted by Crippen LogP contribution is 2.38. The number of aromatic nitrogens is 2. The summed E-state index contributed by atoms with van der Waals surface area (Å²) in [4.78, 5) is 36.2. The zero-order valence-corrected chi connectivity index (χ0v) is 21.5. The second-order valence-electron chi connectivity index (χ2n) is 9.12. The lowest BCUT2D eigenvalue weighted by molar-refractivity contribution is -0.123. The van der Waals surface area contributed by atoms with E-state index in [0.717, 1.165) is 18.4 Å². The third-order valence-corrected chi connectivity index (χ3v) is 8.30. The molecule has 6 nitrogen and oxygen atoms in total. The molecule has 0 bridgehead atoms. The van der Waals surface area contributed by atoms with Gasteiger partial charge in [0.05, 0.1) is 16.5 Å². The Morgan fingerprint density at radius 1 is 1.09 bits per heavy atom. The van der Waals surface area contributed by atoms with Gasteiger partial charge >= 0.3 is 0 Å². The molecule has 8 heteroatoms. The predicted molar refractivity (Wildman–Crippen MR) is 147 cm³/mol. The first-order valence-electron chi connectivity index (χ1n) is 12.0. The number of thioether (sulfide) groups is 1. The fourth-order valence-corrected chi connectivity index (χ4v) is 6.35. The van der Waals surface area contributed by atoms with Crippen LogP contribution in [-0.2, 0) is 4.79 Å². The molecule has 1 atom stereocenters. The van der Waals surface area contributed by atoms with Gasteiger partial charge in [-0.05, 0) is 43.5 Å². The van der Waals surface area contributed by atoms with Gasteiger partial charge in [0.2, 0.25) is 0 Å². The number of thiocarbonyl (C=S) groups is 1. The highest BCUT2D eigenvalue weighted by molar-refractivity contribution is 8.26. The Labute approximate surface area is 214 Å². The molecule has 1 saturated carbocycles. The third kappa shape index (κ3) is 4.52. The predicted octanol–water partition coefficient (Wildman–Crippen LogP) is 5.43. The van der Waals surface area contributed by atoms with Crippen molar-refractivity contribution in [3.05, 3.63) is 81.1 Å². The lowest BCUT2D eigenvalue weighted by Gasteiger charge is -2.33. The van der Waals surface area contributed by atoms with Crippen molar-refractivity contribution >= 4 is 51.7 Å². The molecular formula is C27H28N4O2S2. The largest absolute Gasteiger partial charge is 0.356 e. The minimum atomic E-state index is -0.199. The van der Waals surface area contributed by atoms with Gasteiger partial charge in [0.15, 0.2) is 0 Å². The monoisotopic (exact) mass is 504 g/mol. The smallest absolute Gasteiger partial charge is 0.267 e. The Hall–Kier alpha value is -2.97. The molecular weight excluding hydrogens is 476 g/mol. The van der Waals surface area contributed by atoms with E-state index >= 15 is 0 Å². The highest BCUT2D eigenvalue weighted by Gasteiger charge is 2.36. The van der Waals surface area contributed by atoms with Gasteiger partial charge < -0.3 is 4.90 Å². The first-order chi connectivity index (χ1) is 17.0. The van der Waals surface area contributed by atoms with Crippen LogP contribution in [0.2, 0.25) is 0 Å². The second-order valence-corrected chi connectivity index (χ2v) is 10.8. The van der Waals surface area contributed by atoms with Gasteiger partial charge in [-0.25, -0.2) is 4.98 Å². The van der Waals surface area contributed by atoms with Crippen LogP contribution in [0.25, 0.3) is 11.7 Å². The van der Waals surface area contributed by atoms with Crippen LogP contribution in [-0.4, -0.2) is 37.6 Å². The van der Waals surface area contributed by atoms with Crippen molar-refractivity contribution < 1.29 is 4.79 Å². The molecule has 0 unspecified atom stereocenters. The Kier molecular flexibility index (Phi) is 6.75. The molecule has 0 N–H and O–H groups in total. The quantitative estimate of drug-likeness (QED) is 0.341. The van der Waals surface area contributed by atoms with Crippen LogP contribution in [0.1, 0.15) is 56.2 Å². The maximum absolute atomic E-state index is 13.6. The van der Waals surface area contributed by atoms with E-state index in [4.69, 9.17) is 17.2 Å². The number of carbonyl (C=O) groups is 1. The van der Waals surface area contributed by atoms with Crippen molar-refractivity contribution in [3.8, 4) is 0 Å². The minimum Gasteiger partial charge on any atom is -0.356 e. The van der Waals surface area contributed by atoms with Crippen LogP contribution in [0.5, 0.6) is 0 Å². The zero-order chi connectivity index (χ0) is 24.5. The van der Waals surface area contributed by atoms with Crippen molar-refractivity contribution in [2.24, 2.45) is 0 Å². The van der Waals surface area contributed by atoms with Crippen LogP contribution < -0.4 is 10.5 Å². The molecule has 1 aliphatic carbocycles. The molecule has 5 rings (SSSR count). The molecule has 0 spiro atoms. The van der Waals surface area contributed by atoms with Crippen LogP contribution in [0.4, 0.5) is 5.82 Å². The fraction of sp³-hybridized carbons (Fsp3) is 0.333. The number of hydrogen-bond acceptors (Lipinski definition) is 6. The third-order valence-electron chi connectivity index (χ3n) is 6.97. The van der Waals surface area contributed by atoms with Crippen LogP contribution in [0, 0.1) is 0 Å². The molecule has 3 heterocycles. The highest BCUT2D eigenvalue weighted by atomic mass is 32.2. The van der Waals surface area contributed by atoms with Crippen molar-refractivity contribution in [1.29, 1.82) is 0 Å². The van der Waals surface area contributed by atoms with Gasteiger partial charge in [-0.2, -0.15) is 0 Å². The fourth-order valence-electron chi connectivity index (χ4n) is 4.95. The Bertz CT molecular complexity index is 1360. The summed E-state index contributed by atoms with van der Waals surface area (Å²) in [6.45, 7) is 1.97. The Morgan fingerprint density at radius 3 is 2.54 bits per heavy atom. The van der Waals surface area contributed by atoms with Gasteiger partial charge in [0.1, 0.15) is 15.8 Å². The van der Waals surface area contributed by atoms with Crippen molar-refractivity contribution in [3.63, 3.8) is 0 Å². The Balaban J connectivity index is 1.58. The Morgan fingerprint density at radius 2 is 1.80 bits per heavy atom. The van der Waals surface area contributed by atoms with Crippen LogP contribution >= 0.6 is 24.0 Å². The van der Waals surface area contributed by atoms with E-state index in [2.05, 4.69) is 4.90 Å². The van der Waals surface area contributed by atoms with E-state index in [0.29, 0.717) is 32.3 Å². The summed E-state index contributed by atoms with van der Waals surface area (Å²) < 4.78 is 2.03. The van der Waals surface area contributed by atoms with Gasteiger partial charge in [-0.1, -0.05) is 79.6 Å². The SMILES string of the molecule is C[C@H](c1ccccc1)N1C(=O)/C(=C/c2c(N(C)C3CCCCC3)nc3ccccn3c2=O)SC1=S. The van der Waals surface area contributed by atoms with E-state index in [1.165, 1.54) is 35.4 Å². The van der Waals surface area contributed by atoms with Gasteiger partial charge in [-0.15, -0.1) is 0 Å². The number of hydrogen-bond donors (Lipinski definition) is 0. The summed E-state index contributed by atoms with van der Waals surface area (Å²) in [5.74, 6) is 0.439. The minimum absolute atomic E-state index is 0.180. The van der Waals surface area contributed by atoms with E-state index in [1.54, 1.807) is 17.2 Å². The summed E-state index contributed by atoms with van der Waals surface area (Å²) in [6, 6.07) is 15.5. The molecule has 2 fully saturated rings. The van der Waals surface area contributed by atoms with Crippen molar-refractivity contribution in [2.75, 3.05) is 11.9 Å². The maximum atomic E-state index is 13.6. The number of benzene rings is 1. The maximum Gasteiger partial charge on any atom is 0.267 e. The molecule has 180 valence electrons. The summed E-state index contributed by atoms with van der Waals surface area (Å²) in [6.07, 6.45) is 9.15. The zero-order valence-electron chi connectivity index (χ0n) is 19.9. The van der Waals surface area contributed by atoms with Gasteiger partial charge in [0.25, 0.3) is 11.5 Å². The number of amides is 1. The van der Waals surface area contributed by atoms with Crippen LogP contribution in [0.15, 0.2) is 64.4 Å². The molecule has 35 heavy (non-hydrogen) atoms. The van der Waals surface area contributed by atoms with Gasteiger partial charge in [0, 0.05) is 19.3 Å². The lowest BCUT2D eigenvalue weighted by atomic mass is 9.94. The number of carbonyl (C=O) groups excluding carboxylic acids is 1. The number of pyridine rings is 1. The van der Waals surface area contributed by atoms with Crippen molar-refractivity contribution in [1.82, 2.24) is 14.3 Å². The summed E-state index contributed by atoms with van der Waals surface area (Å²) in [5, 5.41) is 0. The molecule has 2 aliphatic rings. The number of rotatable bonds is 5. The molecule has 1 amide bonds. The normalized spacial score (nSPS) is 19.0. The average Bonchev–Trinajstić information content (AvgIpc) is 3.18. The molecule has 0 radical (unpaired) electrons. The number of fused-ring (bicyclic) bond motifs is 1. The standard InChI is InChI=1S/C27H28N4O2S2/c1-18(19-11-5-3-6-12-19)31-26(33)22(35-27(31)34)17-21-24(29(2)20-13-7-4-8-14-20)28-23-15-9-10-16-30(23)25(21)32/h3,5-6,9-12,15-18,20H,4,7-8,13-14H2,1-2H3/b22-17-/t18-/m1/s1. The first kappa shape index (κ1) is 23.8. The summed E-state index contributed by atoms with van der Waals surface area (Å²) in [5.41, 5.74) is 1.84. The molecule has 1 aliphatic heterocycles. The summed E-state index contributed by atoms with van der Waals surface area (Å²) >= 11 is 6.85. The second kappa shape index (κ2) is 9.95. The molecule has 1 aromatic carbocycles. The summed E-state index contributed by atoms with van der Waals surface area (Å²) in [7, 11) is 2.01. The molecule has 3 aromatic rings. The van der Waals surface area contributed by atoms with Crippen molar-refractivity contribution in [2.45, 2.75) is 51.1 Å². The van der Waals surface area contributed by atoms with E-state index < -0.39 is 0 Å². The van der Waals surface area contributed by atoms with E-state index in [-0.39, 0.29) is 17.5 Å².